The van der Waals surface area contributed by atoms with Crippen molar-refractivity contribution in [1.82, 2.24) is 9.97 Å². The Morgan fingerprint density at radius 2 is 1.96 bits per heavy atom. The monoisotopic (exact) mass is 332 g/mol. The second kappa shape index (κ2) is 6.16. The van der Waals surface area contributed by atoms with Gasteiger partial charge in [0.2, 0.25) is 5.95 Å². The molecule has 0 amide bonds. The maximum atomic E-state index is 11.6. The highest BCUT2D eigenvalue weighted by molar-refractivity contribution is 7.91. The molecule has 0 saturated carbocycles. The van der Waals surface area contributed by atoms with Gasteiger partial charge in [0.15, 0.2) is 9.84 Å². The molecule has 1 fully saturated rings. The Bertz CT molecular complexity index is 821. The number of benzene rings is 1. The van der Waals surface area contributed by atoms with Crippen molar-refractivity contribution in [3.05, 3.63) is 41.6 Å². The molecule has 1 saturated heterocycles. The quantitative estimate of drug-likeness (QED) is 0.894. The Kier molecular flexibility index (Phi) is 4.21. The number of nitrogens with one attached hydrogen (secondary N) is 2. The Hall–Kier alpha value is -2.15. The summed E-state index contributed by atoms with van der Waals surface area (Å²) in [6.45, 7) is 3.90. The fourth-order valence-corrected chi connectivity index (χ4v) is 4.32. The van der Waals surface area contributed by atoms with Crippen LogP contribution in [-0.4, -0.2) is 35.9 Å². The number of anilines is 3. The molecule has 2 N–H and O–H groups in total. The van der Waals surface area contributed by atoms with Gasteiger partial charge in [-0.1, -0.05) is 18.2 Å². The van der Waals surface area contributed by atoms with Gasteiger partial charge in [-0.3, -0.25) is 0 Å². The van der Waals surface area contributed by atoms with E-state index in [9.17, 15) is 8.42 Å². The highest BCUT2D eigenvalue weighted by Gasteiger charge is 2.28. The Morgan fingerprint density at radius 1 is 1.17 bits per heavy atom. The minimum Gasteiger partial charge on any atom is -0.366 e. The van der Waals surface area contributed by atoms with Gasteiger partial charge in [-0.25, -0.2) is 13.4 Å². The Morgan fingerprint density at radius 3 is 2.65 bits per heavy atom. The van der Waals surface area contributed by atoms with E-state index in [2.05, 4.69) is 20.6 Å². The third-order valence-corrected chi connectivity index (χ3v) is 5.60. The van der Waals surface area contributed by atoms with Crippen LogP contribution in [0.25, 0.3) is 0 Å². The third-order valence-electron chi connectivity index (χ3n) is 3.83. The molecule has 3 rings (SSSR count). The molecule has 1 aromatic heterocycles. The largest absolute Gasteiger partial charge is 0.366 e. The third kappa shape index (κ3) is 3.98. The number of hydrogen-bond donors (Lipinski definition) is 2. The Labute approximate surface area is 136 Å². The zero-order valence-electron chi connectivity index (χ0n) is 13.2. The van der Waals surface area contributed by atoms with Gasteiger partial charge in [0, 0.05) is 23.5 Å². The lowest BCUT2D eigenvalue weighted by Gasteiger charge is -2.14. The summed E-state index contributed by atoms with van der Waals surface area (Å²) in [6, 6.07) is 9.66. The van der Waals surface area contributed by atoms with Crippen molar-refractivity contribution < 1.29 is 8.42 Å². The Balaban J connectivity index is 1.78. The van der Waals surface area contributed by atoms with Gasteiger partial charge in [0.25, 0.3) is 0 Å². The molecule has 2 aromatic rings. The maximum Gasteiger partial charge on any atom is 0.229 e. The standard InChI is InChI=1S/C16H20N4O2S/c1-11-5-3-4-6-14(11)19-16-17-12(2)9-15(20-16)18-13-7-8-23(21,22)10-13/h3-6,9,13H,7-8,10H2,1-2H3,(H2,17,18,19,20). The summed E-state index contributed by atoms with van der Waals surface area (Å²) < 4.78 is 23.1. The van der Waals surface area contributed by atoms with Gasteiger partial charge in [0.05, 0.1) is 11.5 Å². The van der Waals surface area contributed by atoms with Crippen molar-refractivity contribution in [2.24, 2.45) is 0 Å². The van der Waals surface area contributed by atoms with Crippen molar-refractivity contribution in [1.29, 1.82) is 0 Å². The first-order chi connectivity index (χ1) is 10.9. The highest BCUT2D eigenvalue weighted by atomic mass is 32.2. The van der Waals surface area contributed by atoms with Crippen LogP contribution in [0.3, 0.4) is 0 Å². The molecule has 122 valence electrons. The van der Waals surface area contributed by atoms with Gasteiger partial charge in [-0.15, -0.1) is 0 Å². The van der Waals surface area contributed by atoms with Crippen LogP contribution in [0.5, 0.6) is 0 Å². The lowest BCUT2D eigenvalue weighted by Crippen LogP contribution is -2.21. The minimum absolute atomic E-state index is 0.0828. The molecule has 0 radical (unpaired) electrons. The second-order valence-electron chi connectivity index (χ2n) is 5.90. The lowest BCUT2D eigenvalue weighted by molar-refractivity contribution is 0.602. The molecule has 23 heavy (non-hydrogen) atoms. The van der Waals surface area contributed by atoms with Gasteiger partial charge >= 0.3 is 0 Å². The normalized spacial score (nSPS) is 19.5. The second-order valence-corrected chi connectivity index (χ2v) is 8.13. The van der Waals surface area contributed by atoms with E-state index in [1.54, 1.807) is 0 Å². The van der Waals surface area contributed by atoms with E-state index < -0.39 is 9.84 Å². The number of rotatable bonds is 4. The van der Waals surface area contributed by atoms with E-state index in [-0.39, 0.29) is 17.5 Å². The van der Waals surface area contributed by atoms with E-state index in [0.717, 1.165) is 16.9 Å². The maximum absolute atomic E-state index is 11.6. The molecule has 1 aliphatic rings. The van der Waals surface area contributed by atoms with E-state index in [0.29, 0.717) is 18.2 Å². The molecule has 0 bridgehead atoms. The molecular weight excluding hydrogens is 312 g/mol. The van der Waals surface area contributed by atoms with Crippen molar-refractivity contribution in [3.63, 3.8) is 0 Å². The highest BCUT2D eigenvalue weighted by Crippen LogP contribution is 2.21. The fourth-order valence-electron chi connectivity index (χ4n) is 2.65. The first-order valence-corrected chi connectivity index (χ1v) is 9.39. The van der Waals surface area contributed by atoms with Gasteiger partial charge in [-0.05, 0) is 31.9 Å². The van der Waals surface area contributed by atoms with Crippen LogP contribution in [0.1, 0.15) is 17.7 Å². The summed E-state index contributed by atoms with van der Waals surface area (Å²) >= 11 is 0. The molecule has 7 heteroatoms. The summed E-state index contributed by atoms with van der Waals surface area (Å²) in [4.78, 5) is 8.85. The van der Waals surface area contributed by atoms with E-state index in [4.69, 9.17) is 0 Å². The van der Waals surface area contributed by atoms with Crippen LogP contribution in [-0.2, 0) is 9.84 Å². The van der Waals surface area contributed by atoms with Gasteiger partial charge in [-0.2, -0.15) is 4.98 Å². The topological polar surface area (TPSA) is 84.0 Å². The molecule has 1 unspecified atom stereocenters. The number of sulfone groups is 1. The molecule has 1 atom stereocenters. The van der Waals surface area contributed by atoms with Gasteiger partial charge < -0.3 is 10.6 Å². The molecular formula is C16H20N4O2S. The van der Waals surface area contributed by atoms with Crippen molar-refractivity contribution in [3.8, 4) is 0 Å². The predicted molar refractivity (Wildman–Crippen MR) is 91.9 cm³/mol. The number of hydrogen-bond acceptors (Lipinski definition) is 6. The zero-order valence-corrected chi connectivity index (χ0v) is 14.0. The first-order valence-electron chi connectivity index (χ1n) is 7.56. The fraction of sp³-hybridized carbons (Fsp3) is 0.375. The van der Waals surface area contributed by atoms with Crippen molar-refractivity contribution in [2.75, 3.05) is 22.1 Å². The molecule has 1 aromatic carbocycles. The van der Waals surface area contributed by atoms with Crippen LogP contribution >= 0.6 is 0 Å². The molecule has 2 heterocycles. The summed E-state index contributed by atoms with van der Waals surface area (Å²) in [5.74, 6) is 1.55. The summed E-state index contributed by atoms with van der Waals surface area (Å²) in [6.07, 6.45) is 0.617. The van der Waals surface area contributed by atoms with Crippen LogP contribution in [0.4, 0.5) is 17.5 Å². The van der Waals surface area contributed by atoms with Crippen molar-refractivity contribution in [2.45, 2.75) is 26.3 Å². The average molecular weight is 332 g/mol. The molecule has 0 spiro atoms. The molecule has 0 aliphatic carbocycles. The smallest absolute Gasteiger partial charge is 0.229 e. The summed E-state index contributed by atoms with van der Waals surface area (Å²) in [5.41, 5.74) is 2.88. The summed E-state index contributed by atoms with van der Waals surface area (Å²) in [5, 5.41) is 6.42. The number of aromatic nitrogens is 2. The van der Waals surface area contributed by atoms with Crippen LogP contribution in [0, 0.1) is 13.8 Å². The molecule has 1 aliphatic heterocycles. The molecule has 6 nitrogen and oxygen atoms in total. The zero-order chi connectivity index (χ0) is 16.4. The average Bonchev–Trinajstić information content (AvgIpc) is 2.80. The van der Waals surface area contributed by atoms with E-state index in [1.165, 1.54) is 0 Å². The van der Waals surface area contributed by atoms with Gasteiger partial charge in [0.1, 0.15) is 5.82 Å². The SMILES string of the molecule is Cc1cc(NC2CCS(=O)(=O)C2)nc(Nc2ccccc2C)n1. The minimum atomic E-state index is -2.91. The number of aryl methyl sites for hydroxylation is 2. The number of para-hydroxylation sites is 1. The van der Waals surface area contributed by atoms with E-state index in [1.807, 2.05) is 44.2 Å². The van der Waals surface area contributed by atoms with Crippen LogP contribution < -0.4 is 10.6 Å². The summed E-state index contributed by atoms with van der Waals surface area (Å²) in [7, 11) is -2.91. The van der Waals surface area contributed by atoms with Crippen molar-refractivity contribution >= 4 is 27.3 Å². The first kappa shape index (κ1) is 15.7. The lowest BCUT2D eigenvalue weighted by atomic mass is 10.2. The number of nitrogens with zero attached hydrogens (tertiary/aromatic N) is 2. The van der Waals surface area contributed by atoms with Crippen LogP contribution in [0.2, 0.25) is 0 Å². The van der Waals surface area contributed by atoms with E-state index >= 15 is 0 Å². The predicted octanol–water partition coefficient (Wildman–Crippen LogP) is 2.44. The van der Waals surface area contributed by atoms with Crippen LogP contribution in [0.15, 0.2) is 30.3 Å².